The van der Waals surface area contributed by atoms with Crippen molar-refractivity contribution in [1.29, 1.82) is 0 Å². The lowest BCUT2D eigenvalue weighted by Gasteiger charge is -2.42. The van der Waals surface area contributed by atoms with Crippen LogP contribution in [0.25, 0.3) is 0 Å². The lowest BCUT2D eigenvalue weighted by Crippen LogP contribution is -2.48. The van der Waals surface area contributed by atoms with Gasteiger partial charge in [-0.15, -0.1) is 0 Å². The van der Waals surface area contributed by atoms with Crippen molar-refractivity contribution in [2.24, 2.45) is 11.3 Å². The van der Waals surface area contributed by atoms with E-state index in [1.807, 2.05) is 6.08 Å². The Labute approximate surface area is 89.4 Å². The normalized spacial score (nSPS) is 42.5. The number of carbonyl (C=O) groups is 1. The van der Waals surface area contributed by atoms with E-state index in [4.69, 9.17) is 9.47 Å². The molecule has 0 radical (unpaired) electrons. The van der Waals surface area contributed by atoms with Crippen LogP contribution in [0.2, 0.25) is 0 Å². The average Bonchev–Trinajstić information content (AvgIpc) is 2.77. The maximum Gasteiger partial charge on any atom is 0.174 e. The standard InChI is InChI=1S/C12H16O3/c1-11-5-2-3-10(13)9(11)4-6-12(11)14-7-8-15-12/h2-3,9H,4-8H2,1H3/t9-,11+/m1/s1. The second-order valence-electron chi connectivity index (χ2n) is 4.97. The fourth-order valence-corrected chi connectivity index (χ4v) is 3.42. The summed E-state index contributed by atoms with van der Waals surface area (Å²) in [6.07, 6.45) is 6.35. The highest BCUT2D eigenvalue weighted by molar-refractivity contribution is 5.93. The van der Waals surface area contributed by atoms with Crippen LogP contribution in [0.1, 0.15) is 26.2 Å². The number of hydrogen-bond donors (Lipinski definition) is 0. The molecule has 3 nitrogen and oxygen atoms in total. The number of ether oxygens (including phenoxy) is 2. The molecular weight excluding hydrogens is 192 g/mol. The number of allylic oxidation sites excluding steroid dienone is 2. The van der Waals surface area contributed by atoms with E-state index in [0.717, 1.165) is 19.3 Å². The van der Waals surface area contributed by atoms with Gasteiger partial charge in [-0.2, -0.15) is 0 Å². The molecule has 1 saturated heterocycles. The third-order valence-corrected chi connectivity index (χ3v) is 4.32. The van der Waals surface area contributed by atoms with Crippen molar-refractivity contribution in [3.63, 3.8) is 0 Å². The molecule has 0 aromatic rings. The predicted molar refractivity (Wildman–Crippen MR) is 54.2 cm³/mol. The molecule has 15 heavy (non-hydrogen) atoms. The van der Waals surface area contributed by atoms with Gasteiger partial charge in [0.15, 0.2) is 11.6 Å². The Hall–Kier alpha value is -0.670. The molecule has 82 valence electrons. The van der Waals surface area contributed by atoms with Gasteiger partial charge in [-0.25, -0.2) is 0 Å². The molecule has 3 heteroatoms. The monoisotopic (exact) mass is 208 g/mol. The molecule has 0 aromatic heterocycles. The zero-order valence-electron chi connectivity index (χ0n) is 8.99. The number of hydrogen-bond acceptors (Lipinski definition) is 3. The molecule has 0 N–H and O–H groups in total. The summed E-state index contributed by atoms with van der Waals surface area (Å²) in [6, 6.07) is 0. The molecule has 1 heterocycles. The maximum atomic E-state index is 11.8. The smallest absolute Gasteiger partial charge is 0.174 e. The van der Waals surface area contributed by atoms with Crippen LogP contribution >= 0.6 is 0 Å². The van der Waals surface area contributed by atoms with Gasteiger partial charge in [0.05, 0.1) is 13.2 Å². The summed E-state index contributed by atoms with van der Waals surface area (Å²) in [6.45, 7) is 3.47. The van der Waals surface area contributed by atoms with Gasteiger partial charge in [-0.05, 0) is 18.9 Å². The van der Waals surface area contributed by atoms with E-state index >= 15 is 0 Å². The minimum Gasteiger partial charge on any atom is -0.347 e. The molecule has 0 unspecified atom stereocenters. The zero-order chi connectivity index (χ0) is 10.5. The maximum absolute atomic E-state index is 11.8. The van der Waals surface area contributed by atoms with Crippen molar-refractivity contribution >= 4 is 5.78 Å². The first-order chi connectivity index (χ1) is 7.18. The molecule has 1 spiro atoms. The summed E-state index contributed by atoms with van der Waals surface area (Å²) in [5.74, 6) is -0.127. The molecule has 0 bridgehead atoms. The molecule has 1 aliphatic heterocycles. The fourth-order valence-electron chi connectivity index (χ4n) is 3.42. The summed E-state index contributed by atoms with van der Waals surface area (Å²) in [4.78, 5) is 11.8. The molecule has 0 amide bonds. The molecule has 2 fully saturated rings. The number of fused-ring (bicyclic) bond motifs is 2. The minimum absolute atomic E-state index is 0.0978. The molecular formula is C12H16O3. The Bertz CT molecular complexity index is 328. The topological polar surface area (TPSA) is 35.5 Å². The number of rotatable bonds is 0. The first kappa shape index (κ1) is 9.55. The molecule has 3 aliphatic rings. The number of carbonyl (C=O) groups excluding carboxylic acids is 1. The Morgan fingerprint density at radius 2 is 2.13 bits per heavy atom. The van der Waals surface area contributed by atoms with Gasteiger partial charge in [-0.3, -0.25) is 4.79 Å². The van der Waals surface area contributed by atoms with Gasteiger partial charge in [0.1, 0.15) is 0 Å². The van der Waals surface area contributed by atoms with Crippen molar-refractivity contribution < 1.29 is 14.3 Å². The summed E-state index contributed by atoms with van der Waals surface area (Å²) >= 11 is 0. The Morgan fingerprint density at radius 1 is 1.40 bits per heavy atom. The first-order valence-corrected chi connectivity index (χ1v) is 5.66. The molecule has 3 rings (SSSR count). The summed E-state index contributed by atoms with van der Waals surface area (Å²) in [7, 11) is 0. The van der Waals surface area contributed by atoms with Crippen LogP contribution in [0.5, 0.6) is 0 Å². The quantitative estimate of drug-likeness (QED) is 0.607. The molecule has 2 atom stereocenters. The van der Waals surface area contributed by atoms with E-state index in [1.54, 1.807) is 6.08 Å². The predicted octanol–water partition coefficient (Wildman–Crippen LogP) is 1.67. The Kier molecular flexibility index (Phi) is 1.86. The van der Waals surface area contributed by atoms with Crippen LogP contribution in [0, 0.1) is 11.3 Å². The lowest BCUT2D eigenvalue weighted by atomic mass is 9.69. The highest BCUT2D eigenvalue weighted by Crippen LogP contribution is 2.58. The third kappa shape index (κ3) is 1.05. The minimum atomic E-state index is -0.474. The first-order valence-electron chi connectivity index (χ1n) is 5.66. The van der Waals surface area contributed by atoms with Crippen LogP contribution < -0.4 is 0 Å². The highest BCUT2D eigenvalue weighted by Gasteiger charge is 2.62. The summed E-state index contributed by atoms with van der Waals surface area (Å²) < 4.78 is 11.6. The van der Waals surface area contributed by atoms with Crippen molar-refractivity contribution in [3.8, 4) is 0 Å². The van der Waals surface area contributed by atoms with Crippen molar-refractivity contribution in [3.05, 3.63) is 12.2 Å². The van der Waals surface area contributed by atoms with Gasteiger partial charge in [-0.1, -0.05) is 13.0 Å². The average molecular weight is 208 g/mol. The van der Waals surface area contributed by atoms with E-state index in [2.05, 4.69) is 6.92 Å². The number of ketones is 1. The van der Waals surface area contributed by atoms with Gasteiger partial charge in [0.25, 0.3) is 0 Å². The molecule has 0 aromatic carbocycles. The van der Waals surface area contributed by atoms with Crippen LogP contribution in [-0.4, -0.2) is 24.8 Å². The van der Waals surface area contributed by atoms with Crippen molar-refractivity contribution in [1.82, 2.24) is 0 Å². The SMILES string of the molecule is C[C@]12CC=CC(=O)[C@H]1CCC21OCCO1. The van der Waals surface area contributed by atoms with Gasteiger partial charge in [0, 0.05) is 17.8 Å². The van der Waals surface area contributed by atoms with Crippen LogP contribution in [0.3, 0.4) is 0 Å². The lowest BCUT2D eigenvalue weighted by molar-refractivity contribution is -0.223. The largest absolute Gasteiger partial charge is 0.347 e. The van der Waals surface area contributed by atoms with E-state index in [1.165, 1.54) is 0 Å². The Balaban J connectivity index is 2.02. The second-order valence-corrected chi connectivity index (χ2v) is 4.97. The van der Waals surface area contributed by atoms with Crippen LogP contribution in [-0.2, 0) is 14.3 Å². The van der Waals surface area contributed by atoms with Gasteiger partial charge < -0.3 is 9.47 Å². The zero-order valence-corrected chi connectivity index (χ0v) is 8.99. The third-order valence-electron chi connectivity index (χ3n) is 4.32. The summed E-state index contributed by atoms with van der Waals surface area (Å²) in [5.41, 5.74) is -0.144. The van der Waals surface area contributed by atoms with Crippen LogP contribution in [0.15, 0.2) is 12.2 Å². The van der Waals surface area contributed by atoms with Gasteiger partial charge in [0.2, 0.25) is 0 Å². The molecule has 2 aliphatic carbocycles. The second kappa shape index (κ2) is 2.92. The van der Waals surface area contributed by atoms with E-state index in [-0.39, 0.29) is 17.1 Å². The van der Waals surface area contributed by atoms with Crippen LogP contribution in [0.4, 0.5) is 0 Å². The van der Waals surface area contributed by atoms with Crippen molar-refractivity contribution in [2.75, 3.05) is 13.2 Å². The molecule has 1 saturated carbocycles. The van der Waals surface area contributed by atoms with E-state index in [9.17, 15) is 4.79 Å². The summed E-state index contributed by atoms with van der Waals surface area (Å²) in [5, 5.41) is 0. The van der Waals surface area contributed by atoms with E-state index in [0.29, 0.717) is 13.2 Å². The fraction of sp³-hybridized carbons (Fsp3) is 0.750. The highest BCUT2D eigenvalue weighted by atomic mass is 16.7. The van der Waals surface area contributed by atoms with Crippen molar-refractivity contribution in [2.45, 2.75) is 32.0 Å². The van der Waals surface area contributed by atoms with E-state index < -0.39 is 5.79 Å². The van der Waals surface area contributed by atoms with Gasteiger partial charge >= 0.3 is 0 Å². The Morgan fingerprint density at radius 3 is 2.87 bits per heavy atom.